The minimum absolute atomic E-state index is 0.319. The van der Waals surface area contributed by atoms with Gasteiger partial charge in [-0.15, -0.1) is 11.3 Å². The van der Waals surface area contributed by atoms with E-state index in [9.17, 15) is 8.42 Å². The highest BCUT2D eigenvalue weighted by molar-refractivity contribution is 7.95. The molecule has 2 heterocycles. The number of para-hydroxylation sites is 1. The van der Waals surface area contributed by atoms with Crippen LogP contribution in [0.3, 0.4) is 0 Å². The lowest BCUT2D eigenvalue weighted by molar-refractivity contribution is 0.386. The van der Waals surface area contributed by atoms with Gasteiger partial charge in [-0.25, -0.2) is 8.42 Å². The van der Waals surface area contributed by atoms with Gasteiger partial charge >= 0.3 is 0 Å². The van der Waals surface area contributed by atoms with E-state index in [1.807, 2.05) is 60.0 Å². The van der Waals surface area contributed by atoms with E-state index in [-0.39, 0.29) is 0 Å². The largest absolute Gasteiger partial charge is 0.339 e. The minimum Gasteiger partial charge on any atom is -0.339 e. The molecule has 4 rings (SSSR count). The molecule has 2 aromatic heterocycles. The van der Waals surface area contributed by atoms with Crippen molar-refractivity contribution in [2.24, 2.45) is 0 Å². The van der Waals surface area contributed by atoms with Crippen LogP contribution in [0.15, 0.2) is 82.0 Å². The molecule has 29 heavy (non-hydrogen) atoms. The molecule has 0 fully saturated rings. The van der Waals surface area contributed by atoms with Crippen molar-refractivity contribution in [3.63, 3.8) is 0 Å². The molecule has 6 nitrogen and oxygen atoms in total. The summed E-state index contributed by atoms with van der Waals surface area (Å²) in [5.41, 5.74) is 2.02. The summed E-state index contributed by atoms with van der Waals surface area (Å²) < 4.78 is 32.9. The Morgan fingerprint density at radius 2 is 1.79 bits per heavy atom. The topological polar surface area (TPSA) is 85.1 Å². The molecule has 0 aliphatic rings. The number of sulfonamides is 1. The molecule has 146 valence electrons. The van der Waals surface area contributed by atoms with Crippen LogP contribution in [0.1, 0.15) is 17.0 Å². The maximum absolute atomic E-state index is 12.5. The monoisotopic (exact) mass is 423 g/mol. The fraction of sp³-hybridized carbons (Fsp3) is 0.0476. The average molecular weight is 424 g/mol. The van der Waals surface area contributed by atoms with Crippen molar-refractivity contribution >= 4 is 33.1 Å². The fourth-order valence-electron chi connectivity index (χ4n) is 2.69. The zero-order valence-corrected chi connectivity index (χ0v) is 16.9. The van der Waals surface area contributed by atoms with Crippen LogP contribution in [0.4, 0.5) is 5.69 Å². The Bertz CT molecular complexity index is 1220. The van der Waals surface area contributed by atoms with Crippen LogP contribution < -0.4 is 4.72 Å². The van der Waals surface area contributed by atoms with E-state index in [1.54, 1.807) is 18.2 Å². The molecular formula is C21H17N3O3S2. The Kier molecular flexibility index (Phi) is 5.55. The maximum atomic E-state index is 12.5. The molecule has 1 N–H and O–H groups in total. The van der Waals surface area contributed by atoms with Gasteiger partial charge in [-0.05, 0) is 34.7 Å². The van der Waals surface area contributed by atoms with E-state index in [0.717, 1.165) is 21.4 Å². The summed E-state index contributed by atoms with van der Waals surface area (Å²) in [5.74, 6) is 0.943. The lowest BCUT2D eigenvalue weighted by Crippen LogP contribution is -2.10. The highest BCUT2D eigenvalue weighted by Crippen LogP contribution is 2.24. The predicted octanol–water partition coefficient (Wildman–Crippen LogP) is 4.80. The second-order valence-corrected chi connectivity index (χ2v) is 8.70. The number of aromatic nitrogens is 2. The molecule has 0 saturated heterocycles. The summed E-state index contributed by atoms with van der Waals surface area (Å²) in [6.07, 6.45) is 1.87. The van der Waals surface area contributed by atoms with Gasteiger partial charge in [0, 0.05) is 0 Å². The van der Waals surface area contributed by atoms with Gasteiger partial charge in [0.25, 0.3) is 10.0 Å². The van der Waals surface area contributed by atoms with Gasteiger partial charge in [0.15, 0.2) is 0 Å². The molecule has 0 amide bonds. The van der Waals surface area contributed by atoms with Crippen LogP contribution in [0.25, 0.3) is 16.8 Å². The molecular weight excluding hydrogens is 406 g/mol. The molecule has 4 aromatic rings. The van der Waals surface area contributed by atoms with Gasteiger partial charge < -0.3 is 4.52 Å². The first kappa shape index (κ1) is 19.1. The third kappa shape index (κ3) is 4.98. The Morgan fingerprint density at radius 1 is 1.00 bits per heavy atom. The Balaban J connectivity index is 1.52. The molecule has 2 aromatic carbocycles. The summed E-state index contributed by atoms with van der Waals surface area (Å²) in [4.78, 5) is 5.32. The van der Waals surface area contributed by atoms with Gasteiger partial charge in [0.05, 0.1) is 22.4 Å². The average Bonchev–Trinajstić information content (AvgIpc) is 3.41. The first-order valence-corrected chi connectivity index (χ1v) is 11.2. The lowest BCUT2D eigenvalue weighted by Gasteiger charge is -2.09. The van der Waals surface area contributed by atoms with Gasteiger partial charge in [-0.2, -0.15) is 4.98 Å². The standard InChI is InChI=1S/C21H17N3O3S2/c25-29(26,14-12-16-7-2-1-3-8-16)24-18-10-5-4-9-17(18)15-20-22-21(23-27-20)19-11-6-13-28-19/h1-14,24H,15H2/b14-12+. The molecule has 0 saturated carbocycles. The third-order valence-electron chi connectivity index (χ3n) is 4.06. The van der Waals surface area contributed by atoms with Crippen LogP contribution >= 0.6 is 11.3 Å². The van der Waals surface area contributed by atoms with Gasteiger partial charge in [0.1, 0.15) is 0 Å². The van der Waals surface area contributed by atoms with E-state index in [2.05, 4.69) is 14.9 Å². The van der Waals surface area contributed by atoms with Crippen molar-refractivity contribution in [2.45, 2.75) is 6.42 Å². The van der Waals surface area contributed by atoms with E-state index in [1.165, 1.54) is 11.3 Å². The zero-order chi connectivity index (χ0) is 20.1. The highest BCUT2D eigenvalue weighted by Gasteiger charge is 2.14. The highest BCUT2D eigenvalue weighted by atomic mass is 32.2. The summed E-state index contributed by atoms with van der Waals surface area (Å²) in [5, 5.41) is 7.09. The molecule has 0 spiro atoms. The number of thiophene rings is 1. The number of hydrogen-bond donors (Lipinski definition) is 1. The number of nitrogens with zero attached hydrogens (tertiary/aromatic N) is 2. The first-order chi connectivity index (χ1) is 14.1. The summed E-state index contributed by atoms with van der Waals surface area (Å²) in [6, 6.07) is 20.2. The van der Waals surface area contributed by atoms with Crippen LogP contribution in [0.2, 0.25) is 0 Å². The second-order valence-electron chi connectivity index (χ2n) is 6.18. The number of rotatable bonds is 7. The Morgan fingerprint density at radius 3 is 2.59 bits per heavy atom. The van der Waals surface area contributed by atoms with Gasteiger partial charge in [0.2, 0.25) is 11.7 Å². The molecule has 0 bridgehead atoms. The number of hydrogen-bond acceptors (Lipinski definition) is 6. The van der Waals surface area contributed by atoms with Gasteiger partial charge in [-0.3, -0.25) is 4.72 Å². The predicted molar refractivity (Wildman–Crippen MR) is 115 cm³/mol. The van der Waals surface area contributed by atoms with E-state index in [0.29, 0.717) is 23.8 Å². The van der Waals surface area contributed by atoms with E-state index >= 15 is 0 Å². The number of anilines is 1. The SMILES string of the molecule is O=S(=O)(/C=C/c1ccccc1)Nc1ccccc1Cc1nc(-c2cccs2)no1. The van der Waals surface area contributed by atoms with Crippen LogP contribution in [0, 0.1) is 0 Å². The summed E-state index contributed by atoms with van der Waals surface area (Å²) in [6.45, 7) is 0. The van der Waals surface area contributed by atoms with Crippen LogP contribution in [-0.4, -0.2) is 18.6 Å². The number of benzene rings is 2. The molecule has 0 radical (unpaired) electrons. The van der Waals surface area contributed by atoms with Crippen LogP contribution in [-0.2, 0) is 16.4 Å². The third-order valence-corrected chi connectivity index (χ3v) is 5.92. The fourth-order valence-corrected chi connectivity index (χ4v) is 4.25. The molecule has 8 heteroatoms. The van der Waals surface area contributed by atoms with Crippen LogP contribution in [0.5, 0.6) is 0 Å². The minimum atomic E-state index is -3.67. The summed E-state index contributed by atoms with van der Waals surface area (Å²) in [7, 11) is -3.67. The van der Waals surface area contributed by atoms with Gasteiger partial charge in [-0.1, -0.05) is 59.8 Å². The van der Waals surface area contributed by atoms with E-state index < -0.39 is 10.0 Å². The molecule has 0 unspecified atom stereocenters. The van der Waals surface area contributed by atoms with Crippen molar-refractivity contribution in [1.82, 2.24) is 10.1 Å². The Hall–Kier alpha value is -3.23. The Labute approximate surface area is 172 Å². The molecule has 0 aliphatic heterocycles. The summed E-state index contributed by atoms with van der Waals surface area (Å²) >= 11 is 1.53. The van der Waals surface area contributed by atoms with Crippen molar-refractivity contribution < 1.29 is 12.9 Å². The maximum Gasteiger partial charge on any atom is 0.255 e. The number of nitrogens with one attached hydrogen (secondary N) is 1. The molecule has 0 atom stereocenters. The first-order valence-electron chi connectivity index (χ1n) is 8.79. The van der Waals surface area contributed by atoms with Crippen molar-refractivity contribution in [1.29, 1.82) is 0 Å². The normalized spacial score (nSPS) is 11.7. The lowest BCUT2D eigenvalue weighted by atomic mass is 10.1. The van der Waals surface area contributed by atoms with Crippen molar-refractivity contribution in [2.75, 3.05) is 4.72 Å². The quantitative estimate of drug-likeness (QED) is 0.461. The smallest absolute Gasteiger partial charge is 0.255 e. The molecule has 0 aliphatic carbocycles. The zero-order valence-electron chi connectivity index (χ0n) is 15.2. The van der Waals surface area contributed by atoms with Crippen molar-refractivity contribution in [3.8, 4) is 10.7 Å². The second kappa shape index (κ2) is 8.42. The van der Waals surface area contributed by atoms with E-state index in [4.69, 9.17) is 4.52 Å². The van der Waals surface area contributed by atoms with Crippen molar-refractivity contribution in [3.05, 3.63) is 94.5 Å².